The van der Waals surface area contributed by atoms with Crippen molar-refractivity contribution in [1.29, 1.82) is 0 Å². The van der Waals surface area contributed by atoms with Crippen molar-refractivity contribution < 1.29 is 4.74 Å². The molecule has 2 rings (SSSR count). The predicted octanol–water partition coefficient (Wildman–Crippen LogP) is 2.25. The van der Waals surface area contributed by atoms with Crippen molar-refractivity contribution in [2.24, 2.45) is 0 Å². The summed E-state index contributed by atoms with van der Waals surface area (Å²) in [5.74, 6) is 1.23. The summed E-state index contributed by atoms with van der Waals surface area (Å²) in [6.45, 7) is 4.94. The van der Waals surface area contributed by atoms with Gasteiger partial charge in [-0.1, -0.05) is 6.92 Å². The van der Waals surface area contributed by atoms with E-state index in [0.29, 0.717) is 5.82 Å². The lowest BCUT2D eigenvalue weighted by molar-refractivity contribution is 0.415. The molecule has 0 unspecified atom stereocenters. The number of nitrogens with zero attached hydrogens (tertiary/aromatic N) is 3. The van der Waals surface area contributed by atoms with Crippen molar-refractivity contribution in [2.45, 2.75) is 26.8 Å². The molecule has 5 nitrogen and oxygen atoms in total. The van der Waals surface area contributed by atoms with Gasteiger partial charge in [0.15, 0.2) is 5.75 Å². The smallest absolute Gasteiger partial charge is 0.164 e. The van der Waals surface area contributed by atoms with E-state index in [2.05, 4.69) is 17.0 Å². The Morgan fingerprint density at radius 3 is 2.83 bits per heavy atom. The SMILES string of the molecule is CCCn1ncc(OC)c1-c1c(C)ccnc1N. The second-order valence-electron chi connectivity index (χ2n) is 4.17. The van der Waals surface area contributed by atoms with Crippen molar-refractivity contribution in [3.05, 3.63) is 24.0 Å². The van der Waals surface area contributed by atoms with Crippen LogP contribution in [-0.2, 0) is 6.54 Å². The zero-order chi connectivity index (χ0) is 13.1. The molecule has 0 bridgehead atoms. The Morgan fingerprint density at radius 1 is 1.44 bits per heavy atom. The van der Waals surface area contributed by atoms with E-state index in [-0.39, 0.29) is 0 Å². The van der Waals surface area contributed by atoms with Crippen LogP contribution in [0.4, 0.5) is 5.82 Å². The van der Waals surface area contributed by atoms with Gasteiger partial charge in [0.1, 0.15) is 11.5 Å². The molecule has 0 atom stereocenters. The molecule has 5 heteroatoms. The summed E-state index contributed by atoms with van der Waals surface area (Å²) in [5.41, 5.74) is 8.87. The fourth-order valence-electron chi connectivity index (χ4n) is 2.04. The third kappa shape index (κ3) is 2.03. The Morgan fingerprint density at radius 2 is 2.22 bits per heavy atom. The molecule has 0 saturated heterocycles. The zero-order valence-electron chi connectivity index (χ0n) is 11.0. The molecular formula is C13H18N4O. The molecule has 2 heterocycles. The Bertz CT molecular complexity index is 528. The van der Waals surface area contributed by atoms with E-state index in [1.807, 2.05) is 17.7 Å². The van der Waals surface area contributed by atoms with Crippen molar-refractivity contribution in [3.8, 4) is 17.0 Å². The molecule has 0 aliphatic carbocycles. The van der Waals surface area contributed by atoms with Crippen molar-refractivity contribution >= 4 is 5.82 Å². The van der Waals surface area contributed by atoms with Gasteiger partial charge in [-0.25, -0.2) is 4.98 Å². The second kappa shape index (κ2) is 5.08. The van der Waals surface area contributed by atoms with Crippen LogP contribution < -0.4 is 10.5 Å². The maximum absolute atomic E-state index is 5.99. The van der Waals surface area contributed by atoms with Crippen LogP contribution in [-0.4, -0.2) is 21.9 Å². The lowest BCUT2D eigenvalue weighted by Crippen LogP contribution is -2.05. The van der Waals surface area contributed by atoms with Crippen LogP contribution in [0.2, 0.25) is 0 Å². The summed E-state index contributed by atoms with van der Waals surface area (Å²) >= 11 is 0. The van der Waals surface area contributed by atoms with Gasteiger partial charge in [-0.15, -0.1) is 0 Å². The topological polar surface area (TPSA) is 66.0 Å². The number of rotatable bonds is 4. The molecule has 0 aliphatic heterocycles. The van der Waals surface area contributed by atoms with Crippen LogP contribution in [0.5, 0.6) is 5.75 Å². The lowest BCUT2D eigenvalue weighted by atomic mass is 10.1. The van der Waals surface area contributed by atoms with Crippen LogP contribution in [0.25, 0.3) is 11.3 Å². The van der Waals surface area contributed by atoms with Gasteiger partial charge in [-0.2, -0.15) is 5.10 Å². The highest BCUT2D eigenvalue weighted by atomic mass is 16.5. The molecule has 0 amide bonds. The molecule has 2 N–H and O–H groups in total. The molecule has 0 aromatic carbocycles. The Labute approximate surface area is 107 Å². The quantitative estimate of drug-likeness (QED) is 0.898. The minimum absolute atomic E-state index is 0.506. The number of aromatic nitrogens is 3. The summed E-state index contributed by atoms with van der Waals surface area (Å²) in [6, 6.07) is 1.94. The fourth-order valence-corrected chi connectivity index (χ4v) is 2.04. The van der Waals surface area contributed by atoms with E-state index in [4.69, 9.17) is 10.5 Å². The van der Waals surface area contributed by atoms with Crippen molar-refractivity contribution in [2.75, 3.05) is 12.8 Å². The first-order valence-corrected chi connectivity index (χ1v) is 6.00. The first-order valence-electron chi connectivity index (χ1n) is 6.00. The van der Waals surface area contributed by atoms with Gasteiger partial charge in [0, 0.05) is 18.3 Å². The molecule has 2 aromatic rings. The largest absolute Gasteiger partial charge is 0.493 e. The molecule has 2 aromatic heterocycles. The predicted molar refractivity (Wildman–Crippen MR) is 71.5 cm³/mol. The van der Waals surface area contributed by atoms with E-state index in [9.17, 15) is 0 Å². The van der Waals surface area contributed by atoms with Gasteiger partial charge in [-0.3, -0.25) is 4.68 Å². The van der Waals surface area contributed by atoms with Gasteiger partial charge < -0.3 is 10.5 Å². The van der Waals surface area contributed by atoms with E-state index in [0.717, 1.165) is 35.5 Å². The van der Waals surface area contributed by atoms with Gasteiger partial charge in [0.25, 0.3) is 0 Å². The highest BCUT2D eigenvalue weighted by Gasteiger charge is 2.18. The van der Waals surface area contributed by atoms with E-state index in [1.54, 1.807) is 19.5 Å². The average Bonchev–Trinajstić information content (AvgIpc) is 2.73. The molecule has 18 heavy (non-hydrogen) atoms. The van der Waals surface area contributed by atoms with E-state index in [1.165, 1.54) is 0 Å². The number of nitrogens with two attached hydrogens (primary N) is 1. The van der Waals surface area contributed by atoms with Crippen molar-refractivity contribution in [3.63, 3.8) is 0 Å². The van der Waals surface area contributed by atoms with Gasteiger partial charge in [0.2, 0.25) is 0 Å². The van der Waals surface area contributed by atoms with E-state index < -0.39 is 0 Å². The summed E-state index contributed by atoms with van der Waals surface area (Å²) in [4.78, 5) is 4.15. The van der Waals surface area contributed by atoms with Crippen LogP contribution in [0.1, 0.15) is 18.9 Å². The monoisotopic (exact) mass is 246 g/mol. The Hall–Kier alpha value is -2.04. The third-order valence-electron chi connectivity index (χ3n) is 2.89. The number of pyridine rings is 1. The lowest BCUT2D eigenvalue weighted by Gasteiger charge is -2.12. The second-order valence-corrected chi connectivity index (χ2v) is 4.17. The maximum Gasteiger partial charge on any atom is 0.164 e. The summed E-state index contributed by atoms with van der Waals surface area (Å²) in [7, 11) is 1.64. The van der Waals surface area contributed by atoms with Gasteiger partial charge in [0.05, 0.1) is 13.3 Å². The molecule has 96 valence electrons. The molecular weight excluding hydrogens is 228 g/mol. The minimum Gasteiger partial charge on any atom is -0.493 e. The zero-order valence-corrected chi connectivity index (χ0v) is 11.0. The standard InChI is InChI=1S/C13H18N4O/c1-4-7-17-12(10(18-3)8-16-17)11-9(2)5-6-15-13(11)14/h5-6,8H,4,7H2,1-3H3,(H2,14,15). The first-order chi connectivity index (χ1) is 8.69. The van der Waals surface area contributed by atoms with Gasteiger partial charge >= 0.3 is 0 Å². The van der Waals surface area contributed by atoms with Crippen LogP contribution in [0, 0.1) is 6.92 Å². The van der Waals surface area contributed by atoms with Crippen LogP contribution >= 0.6 is 0 Å². The summed E-state index contributed by atoms with van der Waals surface area (Å²) in [5, 5.41) is 4.34. The number of hydrogen-bond donors (Lipinski definition) is 1. The number of nitrogen functional groups attached to an aromatic ring is 1. The normalized spacial score (nSPS) is 10.6. The van der Waals surface area contributed by atoms with E-state index >= 15 is 0 Å². The number of aryl methyl sites for hydroxylation is 2. The minimum atomic E-state index is 0.506. The third-order valence-corrected chi connectivity index (χ3v) is 2.89. The highest BCUT2D eigenvalue weighted by Crippen LogP contribution is 2.35. The van der Waals surface area contributed by atoms with Crippen LogP contribution in [0.15, 0.2) is 18.5 Å². The van der Waals surface area contributed by atoms with Crippen molar-refractivity contribution in [1.82, 2.24) is 14.8 Å². The number of hydrogen-bond acceptors (Lipinski definition) is 4. The molecule has 0 radical (unpaired) electrons. The average molecular weight is 246 g/mol. The fraction of sp³-hybridized carbons (Fsp3) is 0.385. The molecule has 0 saturated carbocycles. The molecule has 0 aliphatic rings. The number of ether oxygens (including phenoxy) is 1. The first kappa shape index (κ1) is 12.4. The highest BCUT2D eigenvalue weighted by molar-refractivity contribution is 5.78. The summed E-state index contributed by atoms with van der Waals surface area (Å²) < 4.78 is 7.29. The Kier molecular flexibility index (Phi) is 3.50. The van der Waals surface area contributed by atoms with Crippen LogP contribution in [0.3, 0.4) is 0 Å². The number of anilines is 1. The molecule has 0 spiro atoms. The maximum atomic E-state index is 5.99. The number of methoxy groups -OCH3 is 1. The molecule has 0 fully saturated rings. The Balaban J connectivity index is 2.65. The summed E-state index contributed by atoms with van der Waals surface area (Å²) in [6.07, 6.45) is 4.43. The van der Waals surface area contributed by atoms with Gasteiger partial charge in [-0.05, 0) is 25.0 Å².